The standard InChI is InChI=1S/C16H25ClN2O/c1-3-4-5-6-8-13(2)18-12-16(20)19-15-10-7-9-14(17)11-15/h7,9-11,13,18H,3-6,8,12H2,1-2H3,(H,19,20). The van der Waals surface area contributed by atoms with Crippen LogP contribution in [0.15, 0.2) is 24.3 Å². The third kappa shape index (κ3) is 7.51. The van der Waals surface area contributed by atoms with Crippen LogP contribution in [0.3, 0.4) is 0 Å². The Kier molecular flexibility index (Phi) is 8.31. The summed E-state index contributed by atoms with van der Waals surface area (Å²) in [5.41, 5.74) is 0.736. The molecule has 0 aromatic heterocycles. The van der Waals surface area contributed by atoms with Gasteiger partial charge in [-0.3, -0.25) is 4.79 Å². The summed E-state index contributed by atoms with van der Waals surface area (Å²) in [5.74, 6) is -0.0346. The number of hydrogen-bond donors (Lipinski definition) is 2. The van der Waals surface area contributed by atoms with Gasteiger partial charge in [-0.05, 0) is 31.5 Å². The third-order valence-electron chi connectivity index (χ3n) is 3.21. The fourth-order valence-corrected chi connectivity index (χ4v) is 2.21. The van der Waals surface area contributed by atoms with Crippen molar-refractivity contribution in [3.63, 3.8) is 0 Å². The number of anilines is 1. The number of rotatable bonds is 9. The molecule has 0 aliphatic carbocycles. The Morgan fingerprint density at radius 2 is 2.10 bits per heavy atom. The quantitative estimate of drug-likeness (QED) is 0.670. The van der Waals surface area contributed by atoms with E-state index in [4.69, 9.17) is 11.6 Å². The normalized spacial score (nSPS) is 12.2. The predicted octanol–water partition coefficient (Wildman–Crippen LogP) is 4.23. The smallest absolute Gasteiger partial charge is 0.238 e. The number of carbonyl (C=O) groups is 1. The van der Waals surface area contributed by atoms with Crippen LogP contribution in [0.25, 0.3) is 0 Å². The molecule has 0 heterocycles. The third-order valence-corrected chi connectivity index (χ3v) is 3.45. The minimum Gasteiger partial charge on any atom is -0.325 e. The summed E-state index contributed by atoms with van der Waals surface area (Å²) < 4.78 is 0. The summed E-state index contributed by atoms with van der Waals surface area (Å²) >= 11 is 5.87. The maximum atomic E-state index is 11.8. The highest BCUT2D eigenvalue weighted by Gasteiger charge is 2.06. The highest BCUT2D eigenvalue weighted by molar-refractivity contribution is 6.30. The molecule has 3 nitrogen and oxygen atoms in total. The van der Waals surface area contributed by atoms with Crippen molar-refractivity contribution in [2.75, 3.05) is 11.9 Å². The van der Waals surface area contributed by atoms with E-state index in [0.29, 0.717) is 17.6 Å². The first-order chi connectivity index (χ1) is 9.61. The Balaban J connectivity index is 2.19. The summed E-state index contributed by atoms with van der Waals surface area (Å²) in [5, 5.41) is 6.70. The van der Waals surface area contributed by atoms with Crippen molar-refractivity contribution in [1.29, 1.82) is 0 Å². The van der Waals surface area contributed by atoms with Crippen molar-refractivity contribution in [2.24, 2.45) is 0 Å². The van der Waals surface area contributed by atoms with Gasteiger partial charge in [-0.1, -0.05) is 50.3 Å². The van der Waals surface area contributed by atoms with Gasteiger partial charge in [0.1, 0.15) is 0 Å². The zero-order valence-electron chi connectivity index (χ0n) is 12.4. The fourth-order valence-electron chi connectivity index (χ4n) is 2.02. The van der Waals surface area contributed by atoms with Gasteiger partial charge in [-0.15, -0.1) is 0 Å². The molecule has 0 radical (unpaired) electrons. The van der Waals surface area contributed by atoms with Crippen LogP contribution < -0.4 is 10.6 Å². The van der Waals surface area contributed by atoms with E-state index in [9.17, 15) is 4.79 Å². The first kappa shape index (κ1) is 17.0. The van der Waals surface area contributed by atoms with Gasteiger partial charge in [-0.25, -0.2) is 0 Å². The molecule has 1 rings (SSSR count). The van der Waals surface area contributed by atoms with Crippen LogP contribution in [0, 0.1) is 0 Å². The lowest BCUT2D eigenvalue weighted by atomic mass is 10.1. The summed E-state index contributed by atoms with van der Waals surface area (Å²) in [6.07, 6.45) is 6.16. The lowest BCUT2D eigenvalue weighted by molar-refractivity contribution is -0.115. The number of nitrogens with one attached hydrogen (secondary N) is 2. The van der Waals surface area contributed by atoms with Crippen molar-refractivity contribution in [3.05, 3.63) is 29.3 Å². The van der Waals surface area contributed by atoms with E-state index in [-0.39, 0.29) is 5.91 Å². The number of amides is 1. The van der Waals surface area contributed by atoms with Crippen molar-refractivity contribution >= 4 is 23.2 Å². The van der Waals surface area contributed by atoms with Crippen LogP contribution in [0.1, 0.15) is 46.0 Å². The summed E-state index contributed by atoms with van der Waals surface area (Å²) in [6.45, 7) is 4.67. The molecule has 0 saturated carbocycles. The Hall–Kier alpha value is -1.06. The van der Waals surface area contributed by atoms with Gasteiger partial charge < -0.3 is 10.6 Å². The molecule has 2 N–H and O–H groups in total. The molecule has 0 fully saturated rings. The molecule has 1 aromatic rings. The van der Waals surface area contributed by atoms with Crippen LogP contribution in [-0.2, 0) is 4.79 Å². The Labute approximate surface area is 127 Å². The van der Waals surface area contributed by atoms with Gasteiger partial charge in [0.15, 0.2) is 0 Å². The largest absolute Gasteiger partial charge is 0.325 e. The van der Waals surface area contributed by atoms with Crippen molar-refractivity contribution < 1.29 is 4.79 Å². The Morgan fingerprint density at radius 3 is 2.80 bits per heavy atom. The SMILES string of the molecule is CCCCCCC(C)NCC(=O)Nc1cccc(Cl)c1. The van der Waals surface area contributed by atoms with Crippen molar-refractivity contribution in [2.45, 2.75) is 52.0 Å². The van der Waals surface area contributed by atoms with Crippen LogP contribution in [-0.4, -0.2) is 18.5 Å². The number of halogens is 1. The molecule has 112 valence electrons. The second-order valence-electron chi connectivity index (χ2n) is 5.19. The molecule has 20 heavy (non-hydrogen) atoms. The maximum Gasteiger partial charge on any atom is 0.238 e. The van der Waals surface area contributed by atoms with E-state index < -0.39 is 0 Å². The van der Waals surface area contributed by atoms with E-state index in [1.54, 1.807) is 12.1 Å². The first-order valence-corrected chi connectivity index (χ1v) is 7.78. The van der Waals surface area contributed by atoms with Gasteiger partial charge in [0.05, 0.1) is 6.54 Å². The second-order valence-corrected chi connectivity index (χ2v) is 5.63. The van der Waals surface area contributed by atoms with Gasteiger partial charge in [0, 0.05) is 16.8 Å². The highest BCUT2D eigenvalue weighted by Crippen LogP contribution is 2.14. The van der Waals surface area contributed by atoms with E-state index in [1.807, 2.05) is 12.1 Å². The predicted molar refractivity (Wildman–Crippen MR) is 86.3 cm³/mol. The lowest BCUT2D eigenvalue weighted by Gasteiger charge is -2.13. The topological polar surface area (TPSA) is 41.1 Å². The zero-order valence-corrected chi connectivity index (χ0v) is 13.2. The number of benzene rings is 1. The average molecular weight is 297 g/mol. The maximum absolute atomic E-state index is 11.8. The van der Waals surface area contributed by atoms with Gasteiger partial charge >= 0.3 is 0 Å². The Bertz CT molecular complexity index is 409. The Morgan fingerprint density at radius 1 is 1.30 bits per heavy atom. The van der Waals surface area contributed by atoms with Crippen LogP contribution in [0.5, 0.6) is 0 Å². The molecular formula is C16H25ClN2O. The minimum absolute atomic E-state index is 0.0346. The molecule has 0 bridgehead atoms. The molecule has 0 aliphatic heterocycles. The summed E-state index contributed by atoms with van der Waals surface area (Å²) in [4.78, 5) is 11.8. The molecule has 0 saturated heterocycles. The average Bonchev–Trinajstić information content (AvgIpc) is 2.41. The molecule has 1 unspecified atom stereocenters. The van der Waals surface area contributed by atoms with Gasteiger partial charge in [-0.2, -0.15) is 0 Å². The molecular weight excluding hydrogens is 272 g/mol. The molecule has 0 spiro atoms. The zero-order chi connectivity index (χ0) is 14.8. The van der Waals surface area contributed by atoms with E-state index >= 15 is 0 Å². The number of unbranched alkanes of at least 4 members (excludes halogenated alkanes) is 3. The molecule has 1 atom stereocenters. The van der Waals surface area contributed by atoms with Crippen molar-refractivity contribution in [3.8, 4) is 0 Å². The van der Waals surface area contributed by atoms with Crippen LogP contribution >= 0.6 is 11.6 Å². The lowest BCUT2D eigenvalue weighted by Crippen LogP contribution is -2.34. The van der Waals surface area contributed by atoms with Crippen LogP contribution in [0.4, 0.5) is 5.69 Å². The fraction of sp³-hybridized carbons (Fsp3) is 0.562. The molecule has 0 aliphatic rings. The molecule has 4 heteroatoms. The summed E-state index contributed by atoms with van der Waals surface area (Å²) in [7, 11) is 0. The number of hydrogen-bond acceptors (Lipinski definition) is 2. The van der Waals surface area contributed by atoms with Gasteiger partial charge in [0.2, 0.25) is 5.91 Å². The molecule has 1 amide bonds. The van der Waals surface area contributed by atoms with E-state index in [2.05, 4.69) is 24.5 Å². The number of carbonyl (C=O) groups excluding carboxylic acids is 1. The minimum atomic E-state index is -0.0346. The van der Waals surface area contributed by atoms with Crippen molar-refractivity contribution in [1.82, 2.24) is 5.32 Å². The second kappa shape index (κ2) is 9.78. The van der Waals surface area contributed by atoms with E-state index in [0.717, 1.165) is 12.1 Å². The monoisotopic (exact) mass is 296 g/mol. The first-order valence-electron chi connectivity index (χ1n) is 7.40. The molecule has 1 aromatic carbocycles. The van der Waals surface area contributed by atoms with Gasteiger partial charge in [0.25, 0.3) is 0 Å². The summed E-state index contributed by atoms with van der Waals surface area (Å²) in [6, 6.07) is 7.55. The van der Waals surface area contributed by atoms with E-state index in [1.165, 1.54) is 25.7 Å². The van der Waals surface area contributed by atoms with Crippen LogP contribution in [0.2, 0.25) is 5.02 Å². The highest BCUT2D eigenvalue weighted by atomic mass is 35.5.